The lowest BCUT2D eigenvalue weighted by Crippen LogP contribution is -2.30. The number of nitrogens with one attached hydrogen (secondary N) is 1. The molecule has 1 amide bonds. The zero-order valence-corrected chi connectivity index (χ0v) is 19.9. The molecule has 3 aromatic carbocycles. The second-order valence-electron chi connectivity index (χ2n) is 9.36. The minimum Gasteiger partial charge on any atom is -0.481 e. The molecule has 1 heterocycles. The predicted octanol–water partition coefficient (Wildman–Crippen LogP) is 6.41. The summed E-state index contributed by atoms with van der Waals surface area (Å²) in [5, 5.41) is 2.97. The van der Waals surface area contributed by atoms with E-state index < -0.39 is 6.10 Å². The first-order chi connectivity index (χ1) is 15.9. The van der Waals surface area contributed by atoms with Crippen LogP contribution in [-0.4, -0.2) is 25.1 Å². The lowest BCUT2D eigenvalue weighted by Gasteiger charge is -2.28. The van der Waals surface area contributed by atoms with Gasteiger partial charge in [0.15, 0.2) is 6.10 Å². The van der Waals surface area contributed by atoms with E-state index in [0.717, 1.165) is 18.8 Å². The Kier molecular flexibility index (Phi) is 7.02. The molecule has 4 rings (SSSR count). The Morgan fingerprint density at radius 1 is 0.848 bits per heavy atom. The fourth-order valence-electron chi connectivity index (χ4n) is 4.38. The average Bonchev–Trinajstić information content (AvgIpc) is 2.86. The fourth-order valence-corrected chi connectivity index (χ4v) is 4.38. The Morgan fingerprint density at radius 2 is 1.45 bits per heavy atom. The van der Waals surface area contributed by atoms with Crippen molar-refractivity contribution in [3.05, 3.63) is 90.0 Å². The van der Waals surface area contributed by atoms with Gasteiger partial charge in [-0.25, -0.2) is 0 Å². The number of piperidine rings is 1. The molecule has 1 N–H and O–H groups in total. The van der Waals surface area contributed by atoms with Crippen molar-refractivity contribution >= 4 is 17.3 Å². The van der Waals surface area contributed by atoms with Crippen LogP contribution in [0.15, 0.2) is 78.9 Å². The molecular formula is C29H34N2O2. The number of nitrogens with zero attached hydrogens (tertiary/aromatic N) is 1. The van der Waals surface area contributed by atoms with Gasteiger partial charge in [0.2, 0.25) is 0 Å². The molecule has 172 valence electrons. The Balaban J connectivity index is 1.34. The van der Waals surface area contributed by atoms with Gasteiger partial charge in [0.25, 0.3) is 5.91 Å². The van der Waals surface area contributed by atoms with Crippen LogP contribution in [0.1, 0.15) is 51.2 Å². The predicted molar refractivity (Wildman–Crippen MR) is 136 cm³/mol. The van der Waals surface area contributed by atoms with E-state index in [0.29, 0.717) is 5.75 Å². The lowest BCUT2D eigenvalue weighted by atomic mass is 9.78. The minimum atomic E-state index is -0.597. The summed E-state index contributed by atoms with van der Waals surface area (Å²) in [7, 11) is 0. The van der Waals surface area contributed by atoms with Gasteiger partial charge in [0, 0.05) is 29.9 Å². The molecule has 1 fully saturated rings. The summed E-state index contributed by atoms with van der Waals surface area (Å²) in [6, 6.07) is 26.6. The number of rotatable bonds is 7. The van der Waals surface area contributed by atoms with E-state index >= 15 is 0 Å². The molecule has 33 heavy (non-hydrogen) atoms. The highest BCUT2D eigenvalue weighted by atomic mass is 16.5. The number of hydrogen-bond donors (Lipinski definition) is 1. The summed E-state index contributed by atoms with van der Waals surface area (Å²) in [6.07, 6.45) is 3.21. The highest BCUT2D eigenvalue weighted by molar-refractivity contribution is 5.94. The third-order valence-electron chi connectivity index (χ3n) is 6.61. The van der Waals surface area contributed by atoms with Crippen molar-refractivity contribution in [1.29, 1.82) is 0 Å². The fraction of sp³-hybridized carbons (Fsp3) is 0.345. The normalized spacial score (nSPS) is 15.1. The Morgan fingerprint density at radius 3 is 2.09 bits per heavy atom. The van der Waals surface area contributed by atoms with Gasteiger partial charge in [-0.15, -0.1) is 0 Å². The molecule has 4 heteroatoms. The van der Waals surface area contributed by atoms with Crippen LogP contribution >= 0.6 is 0 Å². The van der Waals surface area contributed by atoms with Crippen LogP contribution in [0.2, 0.25) is 0 Å². The van der Waals surface area contributed by atoms with Gasteiger partial charge < -0.3 is 15.0 Å². The molecule has 0 bridgehead atoms. The molecule has 1 aliphatic heterocycles. The molecule has 0 radical (unpaired) electrons. The first kappa shape index (κ1) is 22.9. The maximum Gasteiger partial charge on any atom is 0.265 e. The van der Waals surface area contributed by atoms with Crippen molar-refractivity contribution in [1.82, 2.24) is 0 Å². The summed E-state index contributed by atoms with van der Waals surface area (Å²) in [6.45, 7) is 8.42. The standard InChI is InChI=1S/C29H34N2O2/c1-22(28(32)30-25-14-16-26(17-15-25)31-20-8-5-9-21-31)33-27-18-12-24(13-19-27)29(2,3)23-10-6-4-7-11-23/h4,6-7,10-19,22H,5,8-9,20-21H2,1-3H3,(H,30,32). The number of benzene rings is 3. The van der Waals surface area contributed by atoms with Crippen molar-refractivity contribution in [3.63, 3.8) is 0 Å². The minimum absolute atomic E-state index is 0.108. The van der Waals surface area contributed by atoms with E-state index in [2.05, 4.69) is 72.6 Å². The molecule has 1 saturated heterocycles. The zero-order chi connectivity index (χ0) is 23.3. The average molecular weight is 443 g/mol. The van der Waals surface area contributed by atoms with Crippen molar-refractivity contribution in [2.45, 2.75) is 51.6 Å². The maximum atomic E-state index is 12.7. The third-order valence-corrected chi connectivity index (χ3v) is 6.61. The smallest absolute Gasteiger partial charge is 0.265 e. The van der Waals surface area contributed by atoms with Crippen LogP contribution in [0.4, 0.5) is 11.4 Å². The second kappa shape index (κ2) is 10.1. The molecule has 0 saturated carbocycles. The molecule has 0 aromatic heterocycles. The maximum absolute atomic E-state index is 12.7. The van der Waals surface area contributed by atoms with Gasteiger partial charge in [0.1, 0.15) is 5.75 Å². The van der Waals surface area contributed by atoms with E-state index in [4.69, 9.17) is 4.74 Å². The highest BCUT2D eigenvalue weighted by Gasteiger charge is 2.23. The highest BCUT2D eigenvalue weighted by Crippen LogP contribution is 2.32. The lowest BCUT2D eigenvalue weighted by molar-refractivity contribution is -0.122. The first-order valence-corrected chi connectivity index (χ1v) is 11.9. The van der Waals surface area contributed by atoms with Crippen LogP contribution in [0.3, 0.4) is 0 Å². The van der Waals surface area contributed by atoms with Crippen molar-refractivity contribution in [3.8, 4) is 5.75 Å². The molecule has 1 aliphatic rings. The molecular weight excluding hydrogens is 408 g/mol. The summed E-state index contributed by atoms with van der Waals surface area (Å²) in [5.41, 5.74) is 4.36. The van der Waals surface area contributed by atoms with E-state index in [1.165, 1.54) is 36.1 Å². The first-order valence-electron chi connectivity index (χ1n) is 11.9. The van der Waals surface area contributed by atoms with Gasteiger partial charge in [-0.1, -0.05) is 56.3 Å². The van der Waals surface area contributed by atoms with Crippen molar-refractivity contribution < 1.29 is 9.53 Å². The summed E-state index contributed by atoms with van der Waals surface area (Å²) in [4.78, 5) is 15.1. The largest absolute Gasteiger partial charge is 0.481 e. The van der Waals surface area contributed by atoms with Gasteiger partial charge >= 0.3 is 0 Å². The summed E-state index contributed by atoms with van der Waals surface area (Å²) < 4.78 is 5.92. The van der Waals surface area contributed by atoms with Crippen LogP contribution in [0, 0.1) is 0 Å². The number of hydrogen-bond acceptors (Lipinski definition) is 3. The number of anilines is 2. The van der Waals surface area contributed by atoms with E-state index in [1.54, 1.807) is 6.92 Å². The molecule has 4 nitrogen and oxygen atoms in total. The molecule has 1 atom stereocenters. The monoisotopic (exact) mass is 442 g/mol. The van der Waals surface area contributed by atoms with Gasteiger partial charge in [-0.2, -0.15) is 0 Å². The third kappa shape index (κ3) is 5.57. The zero-order valence-electron chi connectivity index (χ0n) is 19.9. The van der Waals surface area contributed by atoms with E-state index in [1.807, 2.05) is 30.3 Å². The van der Waals surface area contributed by atoms with Crippen LogP contribution in [0.5, 0.6) is 5.75 Å². The van der Waals surface area contributed by atoms with Crippen molar-refractivity contribution in [2.24, 2.45) is 0 Å². The number of carbonyl (C=O) groups is 1. The van der Waals surface area contributed by atoms with Gasteiger partial charge in [-0.3, -0.25) is 4.79 Å². The topological polar surface area (TPSA) is 41.6 Å². The molecule has 3 aromatic rings. The SMILES string of the molecule is CC(Oc1ccc(C(C)(C)c2ccccc2)cc1)C(=O)Nc1ccc(N2CCCCC2)cc1. The van der Waals surface area contributed by atoms with E-state index in [9.17, 15) is 4.79 Å². The Labute approximate surface area is 197 Å². The number of ether oxygens (including phenoxy) is 1. The van der Waals surface area contributed by atoms with Gasteiger partial charge in [0.05, 0.1) is 0 Å². The second-order valence-corrected chi connectivity index (χ2v) is 9.36. The van der Waals surface area contributed by atoms with Crippen LogP contribution in [0.25, 0.3) is 0 Å². The number of carbonyl (C=O) groups excluding carboxylic acids is 1. The van der Waals surface area contributed by atoms with E-state index in [-0.39, 0.29) is 11.3 Å². The molecule has 0 aliphatic carbocycles. The Bertz CT molecular complexity index is 1040. The van der Waals surface area contributed by atoms with Crippen LogP contribution in [-0.2, 0) is 10.2 Å². The van der Waals surface area contributed by atoms with Crippen LogP contribution < -0.4 is 15.0 Å². The summed E-state index contributed by atoms with van der Waals surface area (Å²) >= 11 is 0. The quantitative estimate of drug-likeness (QED) is 0.460. The van der Waals surface area contributed by atoms with Crippen molar-refractivity contribution in [2.75, 3.05) is 23.3 Å². The number of amides is 1. The molecule has 0 spiro atoms. The summed E-state index contributed by atoms with van der Waals surface area (Å²) in [5.74, 6) is 0.528. The molecule has 1 unspecified atom stereocenters. The Hall–Kier alpha value is -3.27. The van der Waals surface area contributed by atoms with Gasteiger partial charge in [-0.05, 0) is 73.7 Å².